The van der Waals surface area contributed by atoms with Gasteiger partial charge in [0.05, 0.1) is 13.2 Å². The Balaban J connectivity index is 1.41. The summed E-state index contributed by atoms with van der Waals surface area (Å²) in [7, 11) is 1.58. The van der Waals surface area contributed by atoms with E-state index in [1.807, 2.05) is 23.1 Å². The minimum atomic E-state index is -0.916. The van der Waals surface area contributed by atoms with Gasteiger partial charge >= 0.3 is 5.97 Å². The zero-order valence-electron chi connectivity index (χ0n) is 19.8. The van der Waals surface area contributed by atoms with Crippen LogP contribution < -0.4 is 4.74 Å². The molecule has 0 saturated carbocycles. The summed E-state index contributed by atoms with van der Waals surface area (Å²) in [6.45, 7) is 2.22. The lowest BCUT2D eigenvalue weighted by atomic mass is 9.95. The highest BCUT2D eigenvalue weighted by Gasteiger charge is 2.34. The van der Waals surface area contributed by atoms with E-state index in [1.54, 1.807) is 37.6 Å². The molecule has 1 aliphatic rings. The maximum absolute atomic E-state index is 13.6. The van der Waals surface area contributed by atoms with Gasteiger partial charge in [-0.2, -0.15) is 0 Å². The van der Waals surface area contributed by atoms with Gasteiger partial charge in [-0.1, -0.05) is 24.3 Å². The van der Waals surface area contributed by atoms with Gasteiger partial charge in [-0.3, -0.25) is 14.6 Å². The van der Waals surface area contributed by atoms with Gasteiger partial charge in [-0.05, 0) is 53.6 Å². The first-order valence-corrected chi connectivity index (χ1v) is 11.8. The lowest BCUT2D eigenvalue weighted by molar-refractivity contribution is -0.144. The maximum atomic E-state index is 13.6. The van der Waals surface area contributed by atoms with Crippen LogP contribution in [0.1, 0.15) is 28.8 Å². The van der Waals surface area contributed by atoms with E-state index >= 15 is 0 Å². The lowest BCUT2D eigenvalue weighted by Gasteiger charge is -2.41. The molecule has 1 aromatic heterocycles. The van der Waals surface area contributed by atoms with Gasteiger partial charge in [0.25, 0.3) is 0 Å². The molecule has 1 saturated heterocycles. The van der Waals surface area contributed by atoms with E-state index in [-0.39, 0.29) is 17.7 Å². The van der Waals surface area contributed by atoms with E-state index in [2.05, 4.69) is 9.88 Å². The summed E-state index contributed by atoms with van der Waals surface area (Å²) in [4.78, 5) is 19.8. The minimum absolute atomic E-state index is 0.200. The smallest absolute Gasteiger partial charge is 0.325 e. The maximum Gasteiger partial charge on any atom is 0.325 e. The van der Waals surface area contributed by atoms with Crippen molar-refractivity contribution in [3.05, 3.63) is 101 Å². The Morgan fingerprint density at radius 1 is 0.889 bits per heavy atom. The van der Waals surface area contributed by atoms with Crippen molar-refractivity contribution in [2.75, 3.05) is 33.3 Å². The quantitative estimate of drug-likeness (QED) is 0.381. The molecule has 0 radical (unpaired) electrons. The number of carboxylic acids is 1. The van der Waals surface area contributed by atoms with Crippen LogP contribution in [0.3, 0.4) is 0 Å². The van der Waals surface area contributed by atoms with Gasteiger partial charge in [0, 0.05) is 48.8 Å². The predicted molar refractivity (Wildman–Crippen MR) is 133 cm³/mol. The first-order valence-electron chi connectivity index (χ1n) is 11.8. The summed E-state index contributed by atoms with van der Waals surface area (Å²) in [6, 6.07) is 17.2. The summed E-state index contributed by atoms with van der Waals surface area (Å²) in [5.74, 6) is -0.887. The molecule has 8 heteroatoms. The van der Waals surface area contributed by atoms with E-state index in [4.69, 9.17) is 4.74 Å². The van der Waals surface area contributed by atoms with E-state index in [0.717, 1.165) is 22.0 Å². The second kappa shape index (κ2) is 10.1. The van der Waals surface area contributed by atoms with E-state index in [1.165, 1.54) is 24.3 Å². The first kappa shape index (κ1) is 24.0. The van der Waals surface area contributed by atoms with E-state index in [0.29, 0.717) is 37.5 Å². The number of benzene rings is 3. The van der Waals surface area contributed by atoms with Crippen molar-refractivity contribution in [2.24, 2.45) is 0 Å². The summed E-state index contributed by atoms with van der Waals surface area (Å²) in [5.41, 5.74) is 3.34. The number of rotatable bonds is 7. The van der Waals surface area contributed by atoms with Crippen molar-refractivity contribution >= 4 is 16.9 Å². The van der Waals surface area contributed by atoms with E-state index in [9.17, 15) is 18.7 Å². The number of nitrogens with zero attached hydrogens (tertiary/aromatic N) is 2. The Kier molecular flexibility index (Phi) is 6.71. The SMILES string of the molecule is COc1ccc2[nH]cc(C(C(=O)O)N3CCN(C(c4ccc(F)cc4)c4ccc(F)cc4)CC3)c2c1. The molecule has 0 amide bonds. The van der Waals surface area contributed by atoms with Gasteiger partial charge in [0.2, 0.25) is 0 Å². The molecule has 0 aliphatic carbocycles. The fraction of sp³-hybridized carbons (Fsp3) is 0.250. The zero-order valence-corrected chi connectivity index (χ0v) is 19.8. The monoisotopic (exact) mass is 491 g/mol. The summed E-state index contributed by atoms with van der Waals surface area (Å²) >= 11 is 0. The number of halogens is 2. The molecular formula is C28H27F2N3O3. The van der Waals surface area contributed by atoms with Crippen LogP contribution in [-0.2, 0) is 4.79 Å². The Morgan fingerprint density at radius 2 is 1.44 bits per heavy atom. The third kappa shape index (κ3) is 4.69. The molecule has 6 nitrogen and oxygen atoms in total. The number of piperazine rings is 1. The molecule has 0 spiro atoms. The highest BCUT2D eigenvalue weighted by Crippen LogP contribution is 2.34. The normalized spacial score (nSPS) is 15.9. The number of hydrogen-bond acceptors (Lipinski definition) is 4. The third-order valence-electron chi connectivity index (χ3n) is 6.90. The Labute approximate surface area is 207 Å². The van der Waals surface area contributed by atoms with Gasteiger partial charge in [-0.15, -0.1) is 0 Å². The van der Waals surface area contributed by atoms with Crippen molar-refractivity contribution in [1.29, 1.82) is 0 Å². The fourth-order valence-corrected chi connectivity index (χ4v) is 5.12. The number of fused-ring (bicyclic) bond motifs is 1. The van der Waals surface area contributed by atoms with E-state index < -0.39 is 12.0 Å². The number of carbonyl (C=O) groups is 1. The molecule has 1 atom stereocenters. The Morgan fingerprint density at radius 3 is 1.97 bits per heavy atom. The van der Waals surface area contributed by atoms with Crippen LogP contribution in [0.15, 0.2) is 72.9 Å². The molecular weight excluding hydrogens is 464 g/mol. The summed E-state index contributed by atoms with van der Waals surface area (Å²) < 4.78 is 32.6. The topological polar surface area (TPSA) is 68.8 Å². The number of methoxy groups -OCH3 is 1. The lowest BCUT2D eigenvalue weighted by Crippen LogP contribution is -2.50. The van der Waals surface area contributed by atoms with Crippen LogP contribution >= 0.6 is 0 Å². The second-order valence-electron chi connectivity index (χ2n) is 8.97. The number of hydrogen-bond donors (Lipinski definition) is 2. The van der Waals surface area contributed by atoms with Crippen LogP contribution in [-0.4, -0.2) is 59.1 Å². The molecule has 1 fully saturated rings. The second-order valence-corrected chi connectivity index (χ2v) is 8.97. The molecule has 1 aliphatic heterocycles. The number of nitrogens with one attached hydrogen (secondary N) is 1. The Hall–Kier alpha value is -3.75. The fourth-order valence-electron chi connectivity index (χ4n) is 5.12. The summed E-state index contributed by atoms with van der Waals surface area (Å²) in [5, 5.41) is 11.0. The molecule has 0 bridgehead atoms. The predicted octanol–water partition coefficient (Wildman–Crippen LogP) is 4.99. The number of aliphatic carboxylic acids is 1. The number of aromatic nitrogens is 1. The minimum Gasteiger partial charge on any atom is -0.497 e. The molecule has 36 heavy (non-hydrogen) atoms. The van der Waals surface area contributed by atoms with Gasteiger partial charge in [0.15, 0.2) is 0 Å². The Bertz CT molecular complexity index is 1300. The molecule has 2 N–H and O–H groups in total. The van der Waals surface area contributed by atoms with Crippen molar-refractivity contribution in [2.45, 2.75) is 12.1 Å². The van der Waals surface area contributed by atoms with Crippen LogP contribution in [0.25, 0.3) is 10.9 Å². The van der Waals surface area contributed by atoms with Crippen LogP contribution in [0.2, 0.25) is 0 Å². The van der Waals surface area contributed by atoms with Gasteiger partial charge in [-0.25, -0.2) is 8.78 Å². The highest BCUT2D eigenvalue weighted by atomic mass is 19.1. The average molecular weight is 492 g/mol. The van der Waals surface area contributed by atoms with Crippen molar-refractivity contribution in [3.63, 3.8) is 0 Å². The van der Waals surface area contributed by atoms with Crippen LogP contribution in [0.5, 0.6) is 5.75 Å². The number of H-pyrrole nitrogens is 1. The molecule has 3 aromatic carbocycles. The standard InChI is InChI=1S/C28H27F2N3O3/c1-36-22-10-11-25-23(16-22)24(17-31-25)27(28(34)35)33-14-12-32(13-15-33)26(18-2-6-20(29)7-3-18)19-4-8-21(30)9-5-19/h2-11,16-17,26-27,31H,12-15H2,1H3,(H,34,35). The first-order chi connectivity index (χ1) is 17.4. The zero-order chi connectivity index (χ0) is 25.2. The van der Waals surface area contributed by atoms with Crippen molar-refractivity contribution in [3.8, 4) is 5.75 Å². The van der Waals surface area contributed by atoms with Crippen LogP contribution in [0.4, 0.5) is 8.78 Å². The average Bonchev–Trinajstić information content (AvgIpc) is 3.30. The van der Waals surface area contributed by atoms with Crippen molar-refractivity contribution < 1.29 is 23.4 Å². The molecule has 1 unspecified atom stereocenters. The molecule has 5 rings (SSSR count). The van der Waals surface area contributed by atoms with Gasteiger partial charge < -0.3 is 14.8 Å². The largest absolute Gasteiger partial charge is 0.497 e. The number of aromatic amines is 1. The summed E-state index contributed by atoms with van der Waals surface area (Å²) in [6.07, 6.45) is 1.76. The molecule has 4 aromatic rings. The molecule has 2 heterocycles. The number of carboxylic acid groups (broad SMARTS) is 1. The van der Waals surface area contributed by atoms with Crippen LogP contribution in [0, 0.1) is 11.6 Å². The molecule has 186 valence electrons. The third-order valence-corrected chi connectivity index (χ3v) is 6.90. The van der Waals surface area contributed by atoms with Gasteiger partial charge in [0.1, 0.15) is 23.4 Å². The van der Waals surface area contributed by atoms with Crippen molar-refractivity contribution in [1.82, 2.24) is 14.8 Å². The highest BCUT2D eigenvalue weighted by molar-refractivity contribution is 5.90. The number of ether oxygens (including phenoxy) is 1.